The first-order valence-electron chi connectivity index (χ1n) is 6.42. The van der Waals surface area contributed by atoms with Crippen LogP contribution in [0.15, 0.2) is 18.2 Å². The molecule has 2 rings (SSSR count). The molecular formula is C14H19ClN2O. The molecule has 98 valence electrons. The molecular weight excluding hydrogens is 248 g/mol. The topological polar surface area (TPSA) is 41.1 Å². The summed E-state index contributed by atoms with van der Waals surface area (Å²) in [5.41, 5.74) is 1.75. The van der Waals surface area contributed by atoms with Gasteiger partial charge in [0.2, 0.25) is 5.91 Å². The summed E-state index contributed by atoms with van der Waals surface area (Å²) >= 11 is 6.09. The molecule has 0 saturated carbocycles. The molecule has 1 amide bonds. The molecule has 18 heavy (non-hydrogen) atoms. The number of para-hydroxylation sites is 1. The molecule has 1 aliphatic rings. The molecule has 1 aromatic carbocycles. The second-order valence-electron chi connectivity index (χ2n) is 4.88. The van der Waals surface area contributed by atoms with Crippen LogP contribution in [0, 0.1) is 12.8 Å². The Bertz CT molecular complexity index is 408. The van der Waals surface area contributed by atoms with E-state index < -0.39 is 0 Å². The lowest BCUT2D eigenvalue weighted by Crippen LogP contribution is -2.30. The maximum atomic E-state index is 12.0. The predicted molar refractivity (Wildman–Crippen MR) is 75.0 cm³/mol. The standard InChI is InChI=1S/C14H19ClN2O/c1-10-3-2-4-12(15)14(10)17-13(18)9-11-5-7-16-8-6-11/h2-4,11,16H,5-9H2,1H3,(H,17,18). The highest BCUT2D eigenvalue weighted by Crippen LogP contribution is 2.26. The highest BCUT2D eigenvalue weighted by atomic mass is 35.5. The maximum absolute atomic E-state index is 12.0. The lowest BCUT2D eigenvalue weighted by atomic mass is 9.94. The van der Waals surface area contributed by atoms with Gasteiger partial charge in [-0.1, -0.05) is 23.7 Å². The summed E-state index contributed by atoms with van der Waals surface area (Å²) < 4.78 is 0. The van der Waals surface area contributed by atoms with Gasteiger partial charge in [0, 0.05) is 6.42 Å². The number of benzene rings is 1. The Morgan fingerprint density at radius 3 is 2.83 bits per heavy atom. The van der Waals surface area contributed by atoms with Crippen LogP contribution >= 0.6 is 11.6 Å². The average molecular weight is 267 g/mol. The average Bonchev–Trinajstić information content (AvgIpc) is 2.35. The molecule has 1 aliphatic heterocycles. The summed E-state index contributed by atoms with van der Waals surface area (Å²) in [7, 11) is 0. The van der Waals surface area contributed by atoms with Crippen molar-refractivity contribution in [3.05, 3.63) is 28.8 Å². The summed E-state index contributed by atoms with van der Waals surface area (Å²) in [4.78, 5) is 12.0. The highest BCUT2D eigenvalue weighted by molar-refractivity contribution is 6.33. The molecule has 1 aromatic rings. The van der Waals surface area contributed by atoms with Gasteiger partial charge in [-0.15, -0.1) is 0 Å². The second-order valence-corrected chi connectivity index (χ2v) is 5.28. The lowest BCUT2D eigenvalue weighted by Gasteiger charge is -2.22. The molecule has 1 fully saturated rings. The zero-order valence-electron chi connectivity index (χ0n) is 10.6. The quantitative estimate of drug-likeness (QED) is 0.883. The van der Waals surface area contributed by atoms with Gasteiger partial charge >= 0.3 is 0 Å². The summed E-state index contributed by atoms with van der Waals surface area (Å²) in [6.45, 7) is 3.98. The van der Waals surface area contributed by atoms with Crippen LogP contribution in [-0.2, 0) is 4.79 Å². The van der Waals surface area contributed by atoms with E-state index in [1.807, 2.05) is 19.1 Å². The van der Waals surface area contributed by atoms with Crippen molar-refractivity contribution in [2.45, 2.75) is 26.2 Å². The first kappa shape index (κ1) is 13.4. The predicted octanol–water partition coefficient (Wildman–Crippen LogP) is 2.98. The van der Waals surface area contributed by atoms with Gasteiger partial charge in [0.25, 0.3) is 0 Å². The fourth-order valence-corrected chi connectivity index (χ4v) is 2.60. The Morgan fingerprint density at radius 1 is 1.44 bits per heavy atom. The second kappa shape index (κ2) is 6.21. The molecule has 3 nitrogen and oxygen atoms in total. The van der Waals surface area contributed by atoms with Crippen molar-refractivity contribution in [3.8, 4) is 0 Å². The van der Waals surface area contributed by atoms with E-state index in [0.717, 1.165) is 37.2 Å². The largest absolute Gasteiger partial charge is 0.325 e. The number of hydrogen-bond acceptors (Lipinski definition) is 2. The van der Waals surface area contributed by atoms with Gasteiger partial charge in [-0.05, 0) is 50.4 Å². The minimum absolute atomic E-state index is 0.0677. The molecule has 0 aliphatic carbocycles. The van der Waals surface area contributed by atoms with Crippen LogP contribution in [0.1, 0.15) is 24.8 Å². The highest BCUT2D eigenvalue weighted by Gasteiger charge is 2.17. The van der Waals surface area contributed by atoms with Crippen molar-refractivity contribution in [1.82, 2.24) is 5.32 Å². The minimum Gasteiger partial charge on any atom is -0.325 e. The molecule has 1 heterocycles. The number of aryl methyl sites for hydroxylation is 1. The van der Waals surface area contributed by atoms with Crippen molar-refractivity contribution < 1.29 is 4.79 Å². The number of rotatable bonds is 3. The number of carbonyl (C=O) groups excluding carboxylic acids is 1. The van der Waals surface area contributed by atoms with Gasteiger partial charge in [0.15, 0.2) is 0 Å². The van der Waals surface area contributed by atoms with Crippen LogP contribution in [0.25, 0.3) is 0 Å². The zero-order valence-corrected chi connectivity index (χ0v) is 11.4. The van der Waals surface area contributed by atoms with Crippen molar-refractivity contribution in [2.75, 3.05) is 18.4 Å². The van der Waals surface area contributed by atoms with Crippen LogP contribution in [0.2, 0.25) is 5.02 Å². The number of piperidine rings is 1. The summed E-state index contributed by atoms with van der Waals surface area (Å²) in [5, 5.41) is 6.84. The van der Waals surface area contributed by atoms with E-state index in [2.05, 4.69) is 10.6 Å². The molecule has 1 saturated heterocycles. The molecule has 0 bridgehead atoms. The summed E-state index contributed by atoms with van der Waals surface area (Å²) in [6.07, 6.45) is 2.75. The normalized spacial score (nSPS) is 16.6. The number of hydrogen-bond donors (Lipinski definition) is 2. The minimum atomic E-state index is 0.0677. The van der Waals surface area contributed by atoms with Gasteiger partial charge < -0.3 is 10.6 Å². The van der Waals surface area contributed by atoms with Gasteiger partial charge in [-0.25, -0.2) is 0 Å². The Labute approximate surface area is 113 Å². The first-order valence-corrected chi connectivity index (χ1v) is 6.80. The van der Waals surface area contributed by atoms with Crippen LogP contribution < -0.4 is 10.6 Å². The fraction of sp³-hybridized carbons (Fsp3) is 0.500. The van der Waals surface area contributed by atoms with E-state index in [0.29, 0.717) is 17.4 Å². The van der Waals surface area contributed by atoms with Crippen LogP contribution in [0.4, 0.5) is 5.69 Å². The van der Waals surface area contributed by atoms with Crippen LogP contribution in [0.5, 0.6) is 0 Å². The third-order valence-corrected chi connectivity index (χ3v) is 3.73. The lowest BCUT2D eigenvalue weighted by molar-refractivity contribution is -0.117. The number of halogens is 1. The van der Waals surface area contributed by atoms with E-state index in [9.17, 15) is 4.79 Å². The Kier molecular flexibility index (Phi) is 4.61. The smallest absolute Gasteiger partial charge is 0.224 e. The number of nitrogens with one attached hydrogen (secondary N) is 2. The van der Waals surface area contributed by atoms with Crippen molar-refractivity contribution >= 4 is 23.2 Å². The summed E-state index contributed by atoms with van der Waals surface area (Å²) in [6, 6.07) is 5.64. The Morgan fingerprint density at radius 2 is 2.17 bits per heavy atom. The van der Waals surface area contributed by atoms with E-state index in [4.69, 9.17) is 11.6 Å². The van der Waals surface area contributed by atoms with Gasteiger partial charge in [0.1, 0.15) is 0 Å². The molecule has 4 heteroatoms. The van der Waals surface area contributed by atoms with Gasteiger partial charge in [0.05, 0.1) is 10.7 Å². The molecule has 0 atom stereocenters. The molecule has 2 N–H and O–H groups in total. The van der Waals surface area contributed by atoms with E-state index >= 15 is 0 Å². The molecule has 0 radical (unpaired) electrons. The number of carbonyl (C=O) groups is 1. The third kappa shape index (κ3) is 3.47. The zero-order chi connectivity index (χ0) is 13.0. The SMILES string of the molecule is Cc1cccc(Cl)c1NC(=O)CC1CCNCC1. The molecule has 0 aromatic heterocycles. The van der Waals surface area contributed by atoms with E-state index in [1.54, 1.807) is 6.07 Å². The van der Waals surface area contributed by atoms with Gasteiger partial charge in [-0.2, -0.15) is 0 Å². The van der Waals surface area contributed by atoms with E-state index in [1.165, 1.54) is 0 Å². The van der Waals surface area contributed by atoms with Crippen LogP contribution in [-0.4, -0.2) is 19.0 Å². The molecule has 0 unspecified atom stereocenters. The van der Waals surface area contributed by atoms with E-state index in [-0.39, 0.29) is 5.91 Å². The number of amides is 1. The molecule has 0 spiro atoms. The van der Waals surface area contributed by atoms with Gasteiger partial charge in [-0.3, -0.25) is 4.79 Å². The third-order valence-electron chi connectivity index (χ3n) is 3.42. The van der Waals surface area contributed by atoms with Crippen molar-refractivity contribution in [1.29, 1.82) is 0 Å². The first-order chi connectivity index (χ1) is 8.66. The van der Waals surface area contributed by atoms with Crippen molar-refractivity contribution in [2.24, 2.45) is 5.92 Å². The van der Waals surface area contributed by atoms with Crippen LogP contribution in [0.3, 0.4) is 0 Å². The van der Waals surface area contributed by atoms with Crippen molar-refractivity contribution in [3.63, 3.8) is 0 Å². The Hall–Kier alpha value is -1.06. The maximum Gasteiger partial charge on any atom is 0.224 e. The number of anilines is 1. The summed E-state index contributed by atoms with van der Waals surface area (Å²) in [5.74, 6) is 0.562. The Balaban J connectivity index is 1.94. The monoisotopic (exact) mass is 266 g/mol. The fourth-order valence-electron chi connectivity index (χ4n) is 2.33.